The van der Waals surface area contributed by atoms with Gasteiger partial charge in [-0.25, -0.2) is 4.90 Å². The summed E-state index contributed by atoms with van der Waals surface area (Å²) in [4.78, 5) is 26.9. The van der Waals surface area contributed by atoms with Gasteiger partial charge in [0.2, 0.25) is 0 Å². The number of hydrogen-bond acceptors (Lipinski definition) is 5. The third-order valence-corrected chi connectivity index (χ3v) is 5.40. The highest BCUT2D eigenvalue weighted by molar-refractivity contribution is 8.19. The van der Waals surface area contributed by atoms with Crippen molar-refractivity contribution in [1.82, 2.24) is 0 Å². The van der Waals surface area contributed by atoms with Crippen LogP contribution in [0.4, 0.5) is 10.5 Å². The average Bonchev–Trinajstić information content (AvgIpc) is 3.01. The number of carbonyl (C=O) groups is 2. The van der Waals surface area contributed by atoms with Gasteiger partial charge in [0, 0.05) is 5.56 Å². The summed E-state index contributed by atoms with van der Waals surface area (Å²) in [5.41, 5.74) is 1.29. The van der Waals surface area contributed by atoms with Crippen molar-refractivity contribution in [3.8, 4) is 11.5 Å². The Balaban J connectivity index is 1.83. The molecule has 0 atom stereocenters. The van der Waals surface area contributed by atoms with Gasteiger partial charge in [-0.05, 0) is 58.9 Å². The van der Waals surface area contributed by atoms with E-state index < -0.39 is 0 Å². The number of imide groups is 1. The summed E-state index contributed by atoms with van der Waals surface area (Å²) in [5, 5.41) is 1.54. The van der Waals surface area contributed by atoms with Crippen molar-refractivity contribution < 1.29 is 19.1 Å². The zero-order chi connectivity index (χ0) is 19.7. The van der Waals surface area contributed by atoms with Crippen LogP contribution in [0.15, 0.2) is 65.6 Å². The Hall–Kier alpha value is -3.25. The maximum Gasteiger partial charge on any atom is 0.298 e. The Kier molecular flexibility index (Phi) is 4.79. The zero-order valence-electron chi connectivity index (χ0n) is 15.3. The lowest BCUT2D eigenvalue weighted by molar-refractivity contribution is -0.113. The summed E-state index contributed by atoms with van der Waals surface area (Å²) in [5.74, 6) is 0.975. The van der Waals surface area contributed by atoms with E-state index in [1.54, 1.807) is 44.6 Å². The molecule has 0 aliphatic carbocycles. The van der Waals surface area contributed by atoms with Crippen LogP contribution in [0.1, 0.15) is 5.56 Å². The van der Waals surface area contributed by atoms with Crippen molar-refractivity contribution in [3.63, 3.8) is 0 Å². The van der Waals surface area contributed by atoms with E-state index in [1.807, 2.05) is 36.4 Å². The van der Waals surface area contributed by atoms with Crippen LogP contribution in [-0.2, 0) is 4.79 Å². The van der Waals surface area contributed by atoms with E-state index in [1.165, 1.54) is 4.90 Å². The lowest BCUT2D eigenvalue weighted by Gasteiger charge is -2.12. The van der Waals surface area contributed by atoms with Crippen LogP contribution in [-0.4, -0.2) is 25.4 Å². The summed E-state index contributed by atoms with van der Waals surface area (Å²) < 4.78 is 10.8. The van der Waals surface area contributed by atoms with Gasteiger partial charge in [-0.15, -0.1) is 0 Å². The molecular formula is C22H17NO4S. The fraction of sp³-hybridized carbons (Fsp3) is 0.0909. The Morgan fingerprint density at radius 2 is 1.68 bits per heavy atom. The van der Waals surface area contributed by atoms with Crippen LogP contribution in [0, 0.1) is 0 Å². The number of rotatable bonds is 4. The van der Waals surface area contributed by atoms with E-state index in [4.69, 9.17) is 9.47 Å². The van der Waals surface area contributed by atoms with Gasteiger partial charge in [-0.1, -0.05) is 30.3 Å². The molecule has 0 N–H and O–H groups in total. The Bertz CT molecular complexity index is 1100. The fourth-order valence-electron chi connectivity index (χ4n) is 3.15. The summed E-state index contributed by atoms with van der Waals surface area (Å²) in [6.07, 6.45) is 1.72. The predicted molar refractivity (Wildman–Crippen MR) is 112 cm³/mol. The molecular weight excluding hydrogens is 374 g/mol. The number of methoxy groups -OCH3 is 2. The molecule has 1 saturated heterocycles. The van der Waals surface area contributed by atoms with Crippen molar-refractivity contribution in [2.24, 2.45) is 0 Å². The lowest BCUT2D eigenvalue weighted by Crippen LogP contribution is -2.27. The van der Waals surface area contributed by atoms with Crippen molar-refractivity contribution >= 4 is 45.4 Å². The van der Waals surface area contributed by atoms with Crippen LogP contribution >= 0.6 is 11.8 Å². The molecule has 140 valence electrons. The van der Waals surface area contributed by atoms with E-state index in [-0.39, 0.29) is 11.1 Å². The standard InChI is InChI=1S/C22H17NO4S/c1-26-16-10-8-14-9-11-19(27-2)18(17(14)12-16)13-20-21(24)23(22(25)28-20)15-6-4-3-5-7-15/h3-13H,1-2H3/b20-13+. The van der Waals surface area contributed by atoms with Crippen LogP contribution in [0.2, 0.25) is 0 Å². The molecule has 3 aromatic carbocycles. The summed E-state index contributed by atoms with van der Waals surface area (Å²) in [7, 11) is 3.18. The van der Waals surface area contributed by atoms with E-state index in [0.29, 0.717) is 22.1 Å². The second kappa shape index (κ2) is 7.40. The Labute approximate surface area is 166 Å². The Morgan fingerprint density at radius 3 is 2.39 bits per heavy atom. The SMILES string of the molecule is COc1ccc2ccc(OC)c(/C=C3/SC(=O)N(c4ccccc4)C3=O)c2c1. The van der Waals surface area contributed by atoms with Crippen LogP contribution in [0.3, 0.4) is 0 Å². The molecule has 0 unspecified atom stereocenters. The number of amides is 2. The van der Waals surface area contributed by atoms with Gasteiger partial charge in [-0.2, -0.15) is 0 Å². The minimum absolute atomic E-state index is 0.320. The van der Waals surface area contributed by atoms with E-state index in [2.05, 4.69) is 0 Å². The van der Waals surface area contributed by atoms with Crippen molar-refractivity contribution in [3.05, 3.63) is 71.1 Å². The van der Waals surface area contributed by atoms with Gasteiger partial charge in [0.1, 0.15) is 11.5 Å². The number of anilines is 1. The molecule has 0 aromatic heterocycles. The zero-order valence-corrected chi connectivity index (χ0v) is 16.2. The molecule has 4 rings (SSSR count). The third kappa shape index (κ3) is 3.12. The van der Waals surface area contributed by atoms with Crippen LogP contribution < -0.4 is 14.4 Å². The summed E-state index contributed by atoms with van der Waals surface area (Å²) >= 11 is 0.921. The van der Waals surface area contributed by atoms with Gasteiger partial charge in [0.25, 0.3) is 11.1 Å². The van der Waals surface area contributed by atoms with Crippen molar-refractivity contribution in [2.45, 2.75) is 0 Å². The second-order valence-corrected chi connectivity index (χ2v) is 7.11. The molecule has 0 radical (unpaired) electrons. The third-order valence-electron chi connectivity index (χ3n) is 4.53. The minimum atomic E-state index is -0.344. The molecule has 2 amide bonds. The van der Waals surface area contributed by atoms with Crippen molar-refractivity contribution in [1.29, 1.82) is 0 Å². The van der Waals surface area contributed by atoms with Crippen LogP contribution in [0.25, 0.3) is 16.8 Å². The van der Waals surface area contributed by atoms with Gasteiger partial charge in [0.15, 0.2) is 0 Å². The second-order valence-electron chi connectivity index (χ2n) is 6.12. The van der Waals surface area contributed by atoms with Gasteiger partial charge in [-0.3, -0.25) is 9.59 Å². The molecule has 0 saturated carbocycles. The maximum absolute atomic E-state index is 12.9. The monoisotopic (exact) mass is 391 g/mol. The largest absolute Gasteiger partial charge is 0.497 e. The number of benzene rings is 3. The van der Waals surface area contributed by atoms with E-state index in [9.17, 15) is 9.59 Å². The molecule has 0 bridgehead atoms. The maximum atomic E-state index is 12.9. The van der Waals surface area contributed by atoms with Gasteiger partial charge >= 0.3 is 0 Å². The molecule has 0 spiro atoms. The first-order valence-electron chi connectivity index (χ1n) is 8.60. The molecule has 1 heterocycles. The highest BCUT2D eigenvalue weighted by atomic mass is 32.2. The predicted octanol–water partition coefficient (Wildman–Crippen LogP) is 5.10. The molecule has 1 fully saturated rings. The van der Waals surface area contributed by atoms with Crippen molar-refractivity contribution in [2.75, 3.05) is 19.1 Å². The first-order chi connectivity index (χ1) is 13.6. The number of hydrogen-bond donors (Lipinski definition) is 0. The number of ether oxygens (including phenoxy) is 2. The molecule has 1 aliphatic rings. The molecule has 1 aliphatic heterocycles. The number of carbonyl (C=O) groups excluding carboxylic acids is 2. The summed E-state index contributed by atoms with van der Waals surface area (Å²) in [6, 6.07) is 18.4. The lowest BCUT2D eigenvalue weighted by atomic mass is 10.0. The summed E-state index contributed by atoms with van der Waals surface area (Å²) in [6.45, 7) is 0. The Morgan fingerprint density at radius 1 is 0.929 bits per heavy atom. The van der Waals surface area contributed by atoms with Crippen LogP contribution in [0.5, 0.6) is 11.5 Å². The van der Waals surface area contributed by atoms with E-state index >= 15 is 0 Å². The minimum Gasteiger partial charge on any atom is -0.497 e. The molecule has 5 nitrogen and oxygen atoms in total. The highest BCUT2D eigenvalue weighted by Gasteiger charge is 2.36. The number of para-hydroxylation sites is 1. The molecule has 3 aromatic rings. The number of nitrogens with zero attached hydrogens (tertiary/aromatic N) is 1. The van der Waals surface area contributed by atoms with E-state index in [0.717, 1.165) is 28.1 Å². The smallest absolute Gasteiger partial charge is 0.298 e. The fourth-order valence-corrected chi connectivity index (χ4v) is 3.98. The molecule has 28 heavy (non-hydrogen) atoms. The first kappa shape index (κ1) is 18.1. The average molecular weight is 391 g/mol. The highest BCUT2D eigenvalue weighted by Crippen LogP contribution is 2.39. The normalized spacial score (nSPS) is 15.5. The topological polar surface area (TPSA) is 55.8 Å². The van der Waals surface area contributed by atoms with Gasteiger partial charge in [0.05, 0.1) is 24.8 Å². The number of fused-ring (bicyclic) bond motifs is 1. The quantitative estimate of drug-likeness (QED) is 0.579. The molecule has 6 heteroatoms. The first-order valence-corrected chi connectivity index (χ1v) is 9.42. The number of thioether (sulfide) groups is 1. The van der Waals surface area contributed by atoms with Gasteiger partial charge < -0.3 is 9.47 Å².